The Kier molecular flexibility index (Phi) is 5.95. The molecule has 0 spiro atoms. The monoisotopic (exact) mass is 481 g/mol. The molecule has 0 saturated heterocycles. The van der Waals surface area contributed by atoms with E-state index in [4.69, 9.17) is 10.7 Å². The van der Waals surface area contributed by atoms with Crippen LogP contribution in [-0.4, -0.2) is 35.0 Å². The maximum absolute atomic E-state index is 13.4. The Morgan fingerprint density at radius 1 is 1.06 bits per heavy atom. The molecule has 0 fully saturated rings. The first-order chi connectivity index (χ1) is 16.6. The van der Waals surface area contributed by atoms with Gasteiger partial charge in [0.15, 0.2) is 0 Å². The maximum Gasteiger partial charge on any atom is 0.416 e. The molecule has 0 unspecified atom stereocenters. The van der Waals surface area contributed by atoms with Gasteiger partial charge in [0, 0.05) is 24.2 Å². The molecule has 1 aromatic heterocycles. The van der Waals surface area contributed by atoms with Crippen molar-refractivity contribution in [2.45, 2.75) is 51.7 Å². The van der Waals surface area contributed by atoms with Crippen LogP contribution >= 0.6 is 0 Å². The Bertz CT molecular complexity index is 1330. The zero-order valence-corrected chi connectivity index (χ0v) is 20.3. The van der Waals surface area contributed by atoms with E-state index in [0.717, 1.165) is 61.8 Å². The van der Waals surface area contributed by atoms with E-state index in [0.29, 0.717) is 17.2 Å². The summed E-state index contributed by atoms with van der Waals surface area (Å²) in [6, 6.07) is 5.44. The second-order valence-electron chi connectivity index (χ2n) is 9.74. The molecule has 5 nitrogen and oxygen atoms in total. The van der Waals surface area contributed by atoms with E-state index in [1.807, 2.05) is 13.8 Å². The van der Waals surface area contributed by atoms with Gasteiger partial charge < -0.3 is 16.0 Å². The molecule has 0 amide bonds. The van der Waals surface area contributed by atoms with Crippen LogP contribution in [0.2, 0.25) is 0 Å². The number of aryl methyl sites for hydroxylation is 2. The molecule has 1 aliphatic carbocycles. The van der Waals surface area contributed by atoms with Gasteiger partial charge in [-0.2, -0.15) is 13.2 Å². The molecule has 1 aliphatic heterocycles. The van der Waals surface area contributed by atoms with E-state index in [-0.39, 0.29) is 5.69 Å². The molecule has 35 heavy (non-hydrogen) atoms. The van der Waals surface area contributed by atoms with Crippen LogP contribution in [0.25, 0.3) is 16.5 Å². The molecule has 2 heterocycles. The van der Waals surface area contributed by atoms with Crippen LogP contribution in [0.3, 0.4) is 0 Å². The summed E-state index contributed by atoms with van der Waals surface area (Å²) in [5.74, 6) is 1.27. The summed E-state index contributed by atoms with van der Waals surface area (Å²) in [7, 11) is 2.12. The topological polar surface area (TPSA) is 67.1 Å². The first-order valence-corrected chi connectivity index (χ1v) is 12.1. The number of nitrogens with two attached hydrogens (primary N) is 1. The predicted octanol–water partition coefficient (Wildman–Crippen LogP) is 5.92. The van der Waals surface area contributed by atoms with Crippen LogP contribution in [-0.2, 0) is 19.0 Å². The van der Waals surface area contributed by atoms with Crippen LogP contribution in [0, 0.1) is 6.92 Å². The maximum atomic E-state index is 13.4. The first-order valence-electron chi connectivity index (χ1n) is 12.1. The quantitative estimate of drug-likeness (QED) is 0.453. The van der Waals surface area contributed by atoms with Crippen LogP contribution in [0.5, 0.6) is 0 Å². The molecule has 8 heteroatoms. The summed E-state index contributed by atoms with van der Waals surface area (Å²) in [5, 5.41) is 4.29. The summed E-state index contributed by atoms with van der Waals surface area (Å²) in [5.41, 5.74) is 11.8. The Hall–Kier alpha value is -3.13. The minimum atomic E-state index is -4.46. The number of hydrogen-bond donors (Lipinski definition) is 2. The van der Waals surface area contributed by atoms with Gasteiger partial charge in [0.25, 0.3) is 0 Å². The van der Waals surface area contributed by atoms with Crippen molar-refractivity contribution < 1.29 is 13.2 Å². The highest BCUT2D eigenvalue weighted by Gasteiger charge is 2.31. The molecule has 184 valence electrons. The van der Waals surface area contributed by atoms with E-state index < -0.39 is 17.8 Å². The highest BCUT2D eigenvalue weighted by atomic mass is 19.4. The third kappa shape index (κ3) is 4.59. The van der Waals surface area contributed by atoms with Gasteiger partial charge >= 0.3 is 6.18 Å². The molecular formula is C27H30F3N5. The summed E-state index contributed by atoms with van der Waals surface area (Å²) in [6.07, 6.45) is 1.95. The van der Waals surface area contributed by atoms with Crippen LogP contribution < -0.4 is 11.1 Å². The molecule has 0 bridgehead atoms. The number of nitrogen functional groups attached to an aromatic ring is 1. The first kappa shape index (κ1) is 23.6. The molecular weight excluding hydrogens is 451 g/mol. The lowest BCUT2D eigenvalue weighted by Crippen LogP contribution is -2.24. The molecule has 3 N–H and O–H groups in total. The summed E-state index contributed by atoms with van der Waals surface area (Å²) >= 11 is 0. The van der Waals surface area contributed by atoms with Gasteiger partial charge in [-0.05, 0) is 98.7 Å². The minimum absolute atomic E-state index is 0.0847. The summed E-state index contributed by atoms with van der Waals surface area (Å²) < 4.78 is 40.1. The SMILES string of the molecule is Cc1nc(N[C@H](C)c2cc(N)cc(C(F)(F)F)c2)c2cc(C3=CCN(C)CC3)c3c(c2n1)CCC3. The molecule has 0 saturated carbocycles. The van der Waals surface area contributed by atoms with Gasteiger partial charge in [-0.1, -0.05) is 6.08 Å². The number of likely N-dealkylation sites (N-methyl/N-ethyl adjacent to an activating group) is 1. The van der Waals surface area contributed by atoms with E-state index in [9.17, 15) is 13.2 Å². The van der Waals surface area contributed by atoms with Crippen LogP contribution in [0.1, 0.15) is 59.4 Å². The number of hydrogen-bond acceptors (Lipinski definition) is 5. The fourth-order valence-electron chi connectivity index (χ4n) is 5.27. The lowest BCUT2D eigenvalue weighted by Gasteiger charge is -2.24. The summed E-state index contributed by atoms with van der Waals surface area (Å²) in [4.78, 5) is 11.8. The molecule has 2 aromatic carbocycles. The number of rotatable bonds is 4. The zero-order valence-electron chi connectivity index (χ0n) is 20.3. The van der Waals surface area contributed by atoms with Crippen molar-refractivity contribution in [2.24, 2.45) is 0 Å². The van der Waals surface area contributed by atoms with Gasteiger partial charge in [0.05, 0.1) is 17.1 Å². The summed E-state index contributed by atoms with van der Waals surface area (Å²) in [6.45, 7) is 5.62. The number of nitrogens with one attached hydrogen (secondary N) is 1. The smallest absolute Gasteiger partial charge is 0.399 e. The van der Waals surface area contributed by atoms with Crippen molar-refractivity contribution in [3.63, 3.8) is 0 Å². The van der Waals surface area contributed by atoms with Crippen molar-refractivity contribution in [3.8, 4) is 0 Å². The number of nitrogens with zero attached hydrogens (tertiary/aromatic N) is 3. The fraction of sp³-hybridized carbons (Fsp3) is 0.407. The van der Waals surface area contributed by atoms with Crippen molar-refractivity contribution >= 4 is 28.0 Å². The molecule has 3 aromatic rings. The Morgan fingerprint density at radius 2 is 1.83 bits per heavy atom. The number of halogens is 3. The highest BCUT2D eigenvalue weighted by Crippen LogP contribution is 2.40. The average Bonchev–Trinajstić information content (AvgIpc) is 3.29. The van der Waals surface area contributed by atoms with E-state index in [1.54, 1.807) is 6.07 Å². The average molecular weight is 482 g/mol. The molecule has 2 aliphatic rings. The van der Waals surface area contributed by atoms with E-state index in [2.05, 4.69) is 34.4 Å². The highest BCUT2D eigenvalue weighted by molar-refractivity contribution is 5.96. The lowest BCUT2D eigenvalue weighted by molar-refractivity contribution is -0.137. The molecule has 1 atom stereocenters. The largest absolute Gasteiger partial charge is 0.416 e. The van der Waals surface area contributed by atoms with Gasteiger partial charge in [-0.3, -0.25) is 0 Å². The number of anilines is 2. The number of aromatic nitrogens is 2. The normalized spacial score (nSPS) is 17.4. The van der Waals surface area contributed by atoms with Gasteiger partial charge in [-0.25, -0.2) is 9.97 Å². The fourth-order valence-corrected chi connectivity index (χ4v) is 5.27. The van der Waals surface area contributed by atoms with Crippen molar-refractivity contribution in [3.05, 3.63) is 64.0 Å². The number of alkyl halides is 3. The zero-order chi connectivity index (χ0) is 24.9. The third-order valence-corrected chi connectivity index (χ3v) is 7.09. The van der Waals surface area contributed by atoms with E-state index >= 15 is 0 Å². The Morgan fingerprint density at radius 3 is 2.54 bits per heavy atom. The second kappa shape index (κ2) is 8.82. The van der Waals surface area contributed by atoms with Gasteiger partial charge in [0.2, 0.25) is 0 Å². The van der Waals surface area contributed by atoms with E-state index in [1.165, 1.54) is 22.3 Å². The van der Waals surface area contributed by atoms with Crippen molar-refractivity contribution in [2.75, 3.05) is 31.2 Å². The number of benzene rings is 2. The number of fused-ring (bicyclic) bond motifs is 3. The van der Waals surface area contributed by atoms with Crippen LogP contribution in [0.15, 0.2) is 30.3 Å². The molecule has 5 rings (SSSR count). The van der Waals surface area contributed by atoms with Gasteiger partial charge in [-0.15, -0.1) is 0 Å². The van der Waals surface area contributed by atoms with Crippen molar-refractivity contribution in [1.29, 1.82) is 0 Å². The van der Waals surface area contributed by atoms with Crippen LogP contribution in [0.4, 0.5) is 24.7 Å². The van der Waals surface area contributed by atoms with Gasteiger partial charge in [0.1, 0.15) is 11.6 Å². The standard InChI is InChI=1S/C27H30F3N5/c1-15(18-11-19(27(28,29)30)13-20(31)12-18)32-26-24-14-23(17-7-9-35(3)10-8-17)21-5-4-6-22(21)25(24)33-16(2)34-26/h7,11-15H,4-6,8-10,31H2,1-3H3,(H,32,33,34)/t15-/m1/s1. The third-order valence-electron chi connectivity index (χ3n) is 7.09. The lowest BCUT2D eigenvalue weighted by atomic mass is 9.91. The Balaban J connectivity index is 1.60. The Labute approximate surface area is 203 Å². The predicted molar refractivity (Wildman–Crippen MR) is 134 cm³/mol. The second-order valence-corrected chi connectivity index (χ2v) is 9.74. The molecule has 0 radical (unpaired) electrons. The van der Waals surface area contributed by atoms with Crippen molar-refractivity contribution in [1.82, 2.24) is 14.9 Å². The minimum Gasteiger partial charge on any atom is -0.399 e.